The van der Waals surface area contributed by atoms with Gasteiger partial charge in [0.25, 0.3) is 0 Å². The first kappa shape index (κ1) is 30.3. The van der Waals surface area contributed by atoms with Crippen LogP contribution in [0.25, 0.3) is 0 Å². The molecule has 0 unspecified atom stereocenters. The number of sulfonamides is 1. The Morgan fingerprint density at radius 1 is 0.850 bits per heavy atom. The second kappa shape index (κ2) is 13.7. The number of anilines is 1. The van der Waals surface area contributed by atoms with Gasteiger partial charge in [0.15, 0.2) is 0 Å². The highest BCUT2D eigenvalue weighted by atomic mass is 32.2. The molecule has 0 heterocycles. The van der Waals surface area contributed by atoms with Crippen molar-refractivity contribution in [3.8, 4) is 17.2 Å². The van der Waals surface area contributed by atoms with Crippen LogP contribution in [-0.2, 0) is 32.6 Å². The Morgan fingerprint density at radius 3 is 2.10 bits per heavy atom. The lowest BCUT2D eigenvalue weighted by molar-refractivity contribution is -0.139. The summed E-state index contributed by atoms with van der Waals surface area (Å²) >= 11 is 0. The van der Waals surface area contributed by atoms with Gasteiger partial charge in [0.1, 0.15) is 29.8 Å². The van der Waals surface area contributed by atoms with Crippen molar-refractivity contribution < 1.29 is 32.2 Å². The highest BCUT2D eigenvalue weighted by molar-refractivity contribution is 7.92. The topological polar surface area (TPSA) is 114 Å². The van der Waals surface area contributed by atoms with E-state index in [0.717, 1.165) is 16.1 Å². The molecule has 40 heavy (non-hydrogen) atoms. The molecule has 3 aromatic carbocycles. The summed E-state index contributed by atoms with van der Waals surface area (Å²) in [4.78, 5) is 28.7. The third kappa shape index (κ3) is 7.66. The van der Waals surface area contributed by atoms with Crippen LogP contribution in [0, 0.1) is 0 Å². The van der Waals surface area contributed by atoms with E-state index in [9.17, 15) is 18.0 Å². The number of methoxy groups -OCH3 is 3. The van der Waals surface area contributed by atoms with Gasteiger partial charge in [-0.15, -0.1) is 0 Å². The quantitative estimate of drug-likeness (QED) is 0.337. The van der Waals surface area contributed by atoms with Crippen molar-refractivity contribution in [2.75, 3.05) is 45.5 Å². The second-order valence-electron chi connectivity index (χ2n) is 9.00. The first-order valence-electron chi connectivity index (χ1n) is 12.5. The zero-order valence-corrected chi connectivity index (χ0v) is 24.1. The van der Waals surface area contributed by atoms with Crippen LogP contribution in [0.4, 0.5) is 5.69 Å². The van der Waals surface area contributed by atoms with E-state index in [0.29, 0.717) is 17.1 Å². The fourth-order valence-corrected chi connectivity index (χ4v) is 5.13. The van der Waals surface area contributed by atoms with Crippen molar-refractivity contribution in [1.29, 1.82) is 0 Å². The van der Waals surface area contributed by atoms with Gasteiger partial charge in [0.05, 0.1) is 33.3 Å². The van der Waals surface area contributed by atoms with Gasteiger partial charge in [0.2, 0.25) is 21.8 Å². The summed E-state index contributed by atoms with van der Waals surface area (Å²) in [5.74, 6) is 0.306. The van der Waals surface area contributed by atoms with E-state index < -0.39 is 28.5 Å². The Morgan fingerprint density at radius 2 is 1.50 bits per heavy atom. The maximum Gasteiger partial charge on any atom is 0.244 e. The van der Waals surface area contributed by atoms with Gasteiger partial charge in [-0.05, 0) is 35.4 Å². The van der Waals surface area contributed by atoms with Crippen LogP contribution in [0.15, 0.2) is 72.8 Å². The molecular weight excluding hydrogens is 534 g/mol. The van der Waals surface area contributed by atoms with Crippen molar-refractivity contribution in [3.63, 3.8) is 0 Å². The highest BCUT2D eigenvalue weighted by Gasteiger charge is 2.33. The van der Waals surface area contributed by atoms with Gasteiger partial charge in [0, 0.05) is 26.1 Å². The van der Waals surface area contributed by atoms with Crippen LogP contribution in [0.2, 0.25) is 0 Å². The minimum Gasteiger partial charge on any atom is -0.497 e. The summed E-state index contributed by atoms with van der Waals surface area (Å²) in [5.41, 5.74) is 1.72. The average molecular weight is 570 g/mol. The molecule has 3 rings (SSSR count). The molecule has 2 amide bonds. The third-order valence-corrected chi connectivity index (χ3v) is 7.47. The number of carbonyl (C=O) groups is 2. The van der Waals surface area contributed by atoms with E-state index in [4.69, 9.17) is 14.2 Å². The normalized spacial score (nSPS) is 11.7. The number of hydrogen-bond donors (Lipinski definition) is 1. The lowest BCUT2D eigenvalue weighted by Gasteiger charge is -2.33. The minimum atomic E-state index is -3.95. The zero-order valence-electron chi connectivity index (χ0n) is 23.3. The molecule has 11 heteroatoms. The molecule has 0 radical (unpaired) electrons. The van der Waals surface area contributed by atoms with Gasteiger partial charge in [-0.3, -0.25) is 13.9 Å². The van der Waals surface area contributed by atoms with Crippen molar-refractivity contribution in [1.82, 2.24) is 10.2 Å². The minimum absolute atomic E-state index is 0.0400. The largest absolute Gasteiger partial charge is 0.497 e. The molecule has 0 aromatic heterocycles. The summed E-state index contributed by atoms with van der Waals surface area (Å²) in [6, 6.07) is 20.2. The van der Waals surface area contributed by atoms with Gasteiger partial charge in [-0.25, -0.2) is 8.42 Å². The van der Waals surface area contributed by atoms with Gasteiger partial charge in [-0.1, -0.05) is 42.5 Å². The molecule has 0 saturated carbocycles. The SMILES string of the molecule is CNC(=O)[C@@H](Cc1ccccc1)N(Cc1cccc(OC)c1)C(=O)CN(c1ccc(OC)cc1OC)S(C)(=O)=O. The number of ether oxygens (including phenoxy) is 3. The molecule has 214 valence electrons. The molecule has 1 atom stereocenters. The first-order valence-corrected chi connectivity index (χ1v) is 14.3. The second-order valence-corrected chi connectivity index (χ2v) is 10.9. The molecule has 10 nitrogen and oxygen atoms in total. The number of rotatable bonds is 13. The standard InChI is InChI=1S/C29H35N3O7S/c1-30-29(34)26(17-21-10-7-6-8-11-21)31(19-22-12-9-13-23(16-22)37-2)28(33)20-32(40(5,35)36)25-15-14-24(38-3)18-27(25)39-4/h6-16,18,26H,17,19-20H2,1-5H3,(H,30,34)/t26-/m1/s1. The molecule has 1 N–H and O–H groups in total. The van der Waals surface area contributed by atoms with Gasteiger partial charge < -0.3 is 24.4 Å². The van der Waals surface area contributed by atoms with Crippen LogP contribution in [0.3, 0.4) is 0 Å². The Balaban J connectivity index is 2.07. The van der Waals surface area contributed by atoms with Crippen molar-refractivity contribution in [2.45, 2.75) is 19.0 Å². The maximum atomic E-state index is 14.1. The fraction of sp³-hybridized carbons (Fsp3) is 0.310. The van der Waals surface area contributed by atoms with Crippen molar-refractivity contribution in [3.05, 3.63) is 83.9 Å². The van der Waals surface area contributed by atoms with Crippen LogP contribution < -0.4 is 23.8 Å². The van der Waals surface area contributed by atoms with E-state index in [1.54, 1.807) is 24.3 Å². The fourth-order valence-electron chi connectivity index (χ4n) is 4.27. The number of likely N-dealkylation sites (N-methyl/N-ethyl adjacent to an activating group) is 1. The van der Waals surface area contributed by atoms with E-state index >= 15 is 0 Å². The Bertz CT molecular complexity index is 1410. The summed E-state index contributed by atoms with van der Waals surface area (Å²) in [6.45, 7) is -0.522. The van der Waals surface area contributed by atoms with Crippen LogP contribution in [-0.4, -0.2) is 72.4 Å². The summed E-state index contributed by atoms with van der Waals surface area (Å²) in [7, 11) is 1.97. The molecule has 0 saturated heterocycles. The maximum absolute atomic E-state index is 14.1. The number of nitrogens with one attached hydrogen (secondary N) is 1. The lowest BCUT2D eigenvalue weighted by atomic mass is 10.0. The van der Waals surface area contributed by atoms with E-state index in [1.807, 2.05) is 36.4 Å². The van der Waals surface area contributed by atoms with Crippen molar-refractivity contribution >= 4 is 27.5 Å². The smallest absolute Gasteiger partial charge is 0.244 e. The molecule has 0 aliphatic heterocycles. The zero-order chi connectivity index (χ0) is 29.3. The summed E-state index contributed by atoms with van der Waals surface area (Å²) < 4.78 is 42.9. The van der Waals surface area contributed by atoms with Crippen LogP contribution >= 0.6 is 0 Å². The van der Waals surface area contributed by atoms with Crippen molar-refractivity contribution in [2.24, 2.45) is 0 Å². The number of nitrogens with zero attached hydrogens (tertiary/aromatic N) is 2. The highest BCUT2D eigenvalue weighted by Crippen LogP contribution is 2.34. The monoisotopic (exact) mass is 569 g/mol. The van der Waals surface area contributed by atoms with E-state index in [1.165, 1.54) is 45.4 Å². The Kier molecular flexibility index (Phi) is 10.4. The van der Waals surface area contributed by atoms with Crippen LogP contribution in [0.5, 0.6) is 17.2 Å². The number of amides is 2. The third-order valence-electron chi connectivity index (χ3n) is 6.34. The number of carbonyl (C=O) groups excluding carboxylic acids is 2. The summed E-state index contributed by atoms with van der Waals surface area (Å²) in [5, 5.41) is 2.65. The number of benzene rings is 3. The van der Waals surface area contributed by atoms with Gasteiger partial charge in [-0.2, -0.15) is 0 Å². The molecule has 0 bridgehead atoms. The Labute approximate surface area is 235 Å². The van der Waals surface area contributed by atoms with E-state index in [2.05, 4.69) is 5.32 Å². The van der Waals surface area contributed by atoms with E-state index in [-0.39, 0.29) is 30.3 Å². The lowest BCUT2D eigenvalue weighted by Crippen LogP contribution is -2.52. The Hall–Kier alpha value is -4.25. The summed E-state index contributed by atoms with van der Waals surface area (Å²) in [6.07, 6.45) is 1.23. The molecular formula is C29H35N3O7S. The molecule has 0 fully saturated rings. The predicted octanol–water partition coefficient (Wildman–Crippen LogP) is 2.86. The number of hydrogen-bond acceptors (Lipinski definition) is 7. The average Bonchev–Trinajstić information content (AvgIpc) is 2.96. The van der Waals surface area contributed by atoms with Crippen LogP contribution in [0.1, 0.15) is 11.1 Å². The first-order chi connectivity index (χ1) is 19.1. The molecule has 3 aromatic rings. The molecule has 0 aliphatic rings. The molecule has 0 spiro atoms. The molecule has 0 aliphatic carbocycles. The predicted molar refractivity (Wildman–Crippen MR) is 153 cm³/mol. The van der Waals surface area contributed by atoms with Gasteiger partial charge >= 0.3 is 0 Å².